The first-order valence-corrected chi connectivity index (χ1v) is 15.2. The van der Waals surface area contributed by atoms with Crippen molar-refractivity contribution in [3.8, 4) is 0 Å². The highest BCUT2D eigenvalue weighted by Crippen LogP contribution is 2.36. The molecule has 0 spiro atoms. The van der Waals surface area contributed by atoms with E-state index < -0.39 is 58.6 Å². The van der Waals surface area contributed by atoms with E-state index in [2.05, 4.69) is 5.32 Å². The number of hydrogen-bond acceptors (Lipinski definition) is 8. The third-order valence-electron chi connectivity index (χ3n) is 4.95. The van der Waals surface area contributed by atoms with Crippen LogP contribution in [-0.2, 0) is 24.6 Å². The Labute approximate surface area is 224 Å². The van der Waals surface area contributed by atoms with Crippen LogP contribution in [0.1, 0.15) is 27.2 Å². The van der Waals surface area contributed by atoms with Crippen LogP contribution in [0.15, 0.2) is 63.2 Å². The van der Waals surface area contributed by atoms with Crippen LogP contribution in [0.3, 0.4) is 0 Å². The van der Waals surface area contributed by atoms with E-state index in [1.165, 1.54) is 23.7 Å². The number of benzene rings is 2. The highest BCUT2D eigenvalue weighted by molar-refractivity contribution is 7.99. The van der Waals surface area contributed by atoms with Crippen molar-refractivity contribution < 1.29 is 39.5 Å². The lowest BCUT2D eigenvalue weighted by Crippen LogP contribution is -2.37. The molecule has 0 bridgehead atoms. The van der Waals surface area contributed by atoms with Crippen molar-refractivity contribution in [1.82, 2.24) is 4.90 Å². The summed E-state index contributed by atoms with van der Waals surface area (Å²) in [5, 5.41) is 7.82. The van der Waals surface area contributed by atoms with E-state index in [4.69, 9.17) is 9.88 Å². The van der Waals surface area contributed by atoms with Crippen molar-refractivity contribution in [2.75, 3.05) is 24.7 Å². The first-order chi connectivity index (χ1) is 17.3. The predicted molar refractivity (Wildman–Crippen MR) is 139 cm³/mol. The van der Waals surface area contributed by atoms with Crippen molar-refractivity contribution in [3.63, 3.8) is 0 Å². The molecule has 0 aliphatic carbocycles. The number of ether oxygens (including phenoxy) is 1. The van der Waals surface area contributed by atoms with Gasteiger partial charge in [-0.1, -0.05) is 18.2 Å². The molecule has 0 saturated heterocycles. The standard InChI is InChI=1S/C23H30F3N3O6S3/c1-22(2,3)35-21(30)29(4)13-12-16(15-36-17-8-6-5-7-9-17)28-19-11-10-18(38(27,33)34)14-20(19)37(31,32)23(24,25)26/h5-11,14,16,28H,12-13,15H2,1-4H3,(H2,27,33,34)/t16-/m0/s1. The first kappa shape index (κ1) is 31.7. The van der Waals surface area contributed by atoms with Gasteiger partial charge in [0.2, 0.25) is 10.0 Å². The zero-order valence-corrected chi connectivity index (χ0v) is 23.6. The molecule has 9 nitrogen and oxygen atoms in total. The molecule has 3 N–H and O–H groups in total. The van der Waals surface area contributed by atoms with Gasteiger partial charge in [0.1, 0.15) is 10.5 Å². The Morgan fingerprint density at radius 2 is 1.68 bits per heavy atom. The fourth-order valence-corrected chi connectivity index (χ4v) is 5.61. The minimum Gasteiger partial charge on any atom is -0.444 e. The van der Waals surface area contributed by atoms with Gasteiger partial charge in [-0.15, -0.1) is 11.8 Å². The summed E-state index contributed by atoms with van der Waals surface area (Å²) in [6.45, 7) is 5.23. The van der Waals surface area contributed by atoms with Gasteiger partial charge in [-0.3, -0.25) is 0 Å². The molecule has 0 fully saturated rings. The number of sulfone groups is 1. The lowest BCUT2D eigenvalue weighted by atomic mass is 10.2. The van der Waals surface area contributed by atoms with Crippen LogP contribution in [-0.4, -0.2) is 64.3 Å². The number of primary sulfonamides is 1. The lowest BCUT2D eigenvalue weighted by molar-refractivity contribution is -0.0436. The van der Waals surface area contributed by atoms with Gasteiger partial charge >= 0.3 is 11.6 Å². The van der Waals surface area contributed by atoms with Gasteiger partial charge in [0, 0.05) is 30.3 Å². The first-order valence-electron chi connectivity index (χ1n) is 11.2. The number of thioether (sulfide) groups is 1. The molecule has 2 aromatic rings. The second-order valence-corrected chi connectivity index (χ2v) is 13.9. The van der Waals surface area contributed by atoms with E-state index in [1.54, 1.807) is 32.9 Å². The quantitative estimate of drug-likeness (QED) is 0.384. The van der Waals surface area contributed by atoms with E-state index >= 15 is 0 Å². The van der Waals surface area contributed by atoms with Crippen LogP contribution < -0.4 is 10.5 Å². The number of carbonyl (C=O) groups excluding carboxylic acids is 1. The molecule has 212 valence electrons. The van der Waals surface area contributed by atoms with Gasteiger partial charge in [-0.05, 0) is 57.5 Å². The Balaban J connectivity index is 2.41. The summed E-state index contributed by atoms with van der Waals surface area (Å²) in [7, 11) is -8.94. The maximum Gasteiger partial charge on any atom is 0.501 e. The van der Waals surface area contributed by atoms with Gasteiger partial charge in [0.05, 0.1) is 10.6 Å². The van der Waals surface area contributed by atoms with Gasteiger partial charge in [-0.25, -0.2) is 26.8 Å². The SMILES string of the molecule is CN(CC[C@@H](CSc1ccccc1)Nc1ccc(S(N)(=O)=O)cc1S(=O)(=O)C(F)(F)F)C(=O)OC(C)(C)C. The molecule has 0 aromatic heterocycles. The molecule has 1 atom stereocenters. The fourth-order valence-electron chi connectivity index (χ4n) is 3.06. The molecule has 0 radical (unpaired) electrons. The number of hydrogen-bond donors (Lipinski definition) is 2. The van der Waals surface area contributed by atoms with Crippen LogP contribution in [0.5, 0.6) is 0 Å². The summed E-state index contributed by atoms with van der Waals surface area (Å²) in [6, 6.07) is 10.7. The molecule has 0 saturated carbocycles. The zero-order chi connectivity index (χ0) is 28.9. The fraction of sp³-hybridized carbons (Fsp3) is 0.435. The smallest absolute Gasteiger partial charge is 0.444 e. The summed E-state index contributed by atoms with van der Waals surface area (Å²) >= 11 is 1.36. The second kappa shape index (κ2) is 12.1. The van der Waals surface area contributed by atoms with Crippen molar-refractivity contribution in [3.05, 3.63) is 48.5 Å². The Kier molecular flexibility index (Phi) is 10.1. The Morgan fingerprint density at radius 1 is 1.08 bits per heavy atom. The number of halogens is 3. The van der Waals surface area contributed by atoms with E-state index in [9.17, 15) is 34.8 Å². The summed E-state index contributed by atoms with van der Waals surface area (Å²) in [5.74, 6) is 0.272. The summed E-state index contributed by atoms with van der Waals surface area (Å²) in [5.41, 5.74) is -6.88. The molecule has 2 rings (SSSR count). The number of nitrogens with two attached hydrogens (primary N) is 1. The molecule has 2 aromatic carbocycles. The second-order valence-electron chi connectivity index (χ2n) is 9.31. The van der Waals surface area contributed by atoms with Gasteiger partial charge in [0.25, 0.3) is 9.84 Å². The molecule has 0 unspecified atom stereocenters. The molecule has 38 heavy (non-hydrogen) atoms. The van der Waals surface area contributed by atoms with Gasteiger partial charge < -0.3 is 15.0 Å². The van der Waals surface area contributed by atoms with Crippen LogP contribution in [0, 0.1) is 0 Å². The maximum atomic E-state index is 13.5. The summed E-state index contributed by atoms with van der Waals surface area (Å²) in [4.78, 5) is 12.4. The van der Waals surface area contributed by atoms with Gasteiger partial charge in [0.15, 0.2) is 0 Å². The number of amides is 1. The minimum atomic E-state index is -5.94. The van der Waals surface area contributed by atoms with Crippen molar-refractivity contribution in [2.24, 2.45) is 5.14 Å². The minimum absolute atomic E-state index is 0.124. The number of alkyl halides is 3. The molecule has 1 amide bonds. The van der Waals surface area contributed by atoms with Crippen LogP contribution in [0.4, 0.5) is 23.7 Å². The van der Waals surface area contributed by atoms with E-state index in [-0.39, 0.29) is 18.7 Å². The number of nitrogens with zero attached hydrogens (tertiary/aromatic N) is 1. The average molecular weight is 598 g/mol. The normalized spacial score (nSPS) is 13.6. The topological polar surface area (TPSA) is 136 Å². The van der Waals surface area contributed by atoms with Crippen LogP contribution in [0.2, 0.25) is 0 Å². The number of sulfonamides is 1. The van der Waals surface area contributed by atoms with Crippen LogP contribution >= 0.6 is 11.8 Å². The lowest BCUT2D eigenvalue weighted by Gasteiger charge is -2.27. The van der Waals surface area contributed by atoms with Crippen LogP contribution in [0.25, 0.3) is 0 Å². The molecule has 0 heterocycles. The monoisotopic (exact) mass is 597 g/mol. The summed E-state index contributed by atoms with van der Waals surface area (Å²) in [6.07, 6.45) is -0.414. The third kappa shape index (κ3) is 9.06. The molecule has 0 aliphatic heterocycles. The molecule has 0 aliphatic rings. The highest BCUT2D eigenvalue weighted by Gasteiger charge is 2.48. The number of anilines is 1. The maximum absolute atomic E-state index is 13.5. The Bertz CT molecular complexity index is 1330. The molecular weight excluding hydrogens is 567 g/mol. The predicted octanol–water partition coefficient (Wildman–Crippen LogP) is 4.46. The van der Waals surface area contributed by atoms with Crippen molar-refractivity contribution in [1.29, 1.82) is 0 Å². The number of carbonyl (C=O) groups is 1. The Morgan fingerprint density at radius 3 is 2.21 bits per heavy atom. The average Bonchev–Trinajstić information content (AvgIpc) is 2.78. The molecular formula is C23H30F3N3O6S3. The molecule has 15 heteroatoms. The Hall–Kier alpha value is -2.49. The van der Waals surface area contributed by atoms with E-state index in [1.807, 2.05) is 18.2 Å². The van der Waals surface area contributed by atoms with Crippen molar-refractivity contribution in [2.45, 2.75) is 59.0 Å². The van der Waals surface area contributed by atoms with E-state index in [0.29, 0.717) is 6.07 Å². The third-order valence-corrected chi connectivity index (χ3v) is 8.56. The summed E-state index contributed by atoms with van der Waals surface area (Å²) < 4.78 is 93.8. The number of rotatable bonds is 10. The van der Waals surface area contributed by atoms with Crippen molar-refractivity contribution >= 4 is 43.4 Å². The highest BCUT2D eigenvalue weighted by atomic mass is 32.2. The largest absolute Gasteiger partial charge is 0.501 e. The van der Waals surface area contributed by atoms with Gasteiger partial charge in [-0.2, -0.15) is 13.2 Å². The zero-order valence-electron chi connectivity index (χ0n) is 21.2. The number of nitrogens with one attached hydrogen (secondary N) is 1. The van der Waals surface area contributed by atoms with E-state index in [0.717, 1.165) is 17.0 Å².